The van der Waals surface area contributed by atoms with Gasteiger partial charge in [-0.25, -0.2) is 0 Å². The zero-order valence-electron chi connectivity index (χ0n) is 12.5. The van der Waals surface area contributed by atoms with E-state index in [1.165, 1.54) is 5.56 Å². The smallest absolute Gasteiger partial charge is 0.253 e. The Bertz CT molecular complexity index is 609. The highest BCUT2D eigenvalue weighted by Gasteiger charge is 2.09. The first-order valence-corrected chi connectivity index (χ1v) is 7.27. The summed E-state index contributed by atoms with van der Waals surface area (Å²) in [7, 11) is 0. The molecule has 0 saturated carbocycles. The van der Waals surface area contributed by atoms with Crippen LogP contribution in [0.25, 0.3) is 0 Å². The maximum atomic E-state index is 12.0. The van der Waals surface area contributed by atoms with Crippen molar-refractivity contribution in [3.63, 3.8) is 0 Å². The first-order chi connectivity index (χ1) is 10.2. The minimum atomic E-state index is -0.184. The van der Waals surface area contributed by atoms with Gasteiger partial charge in [-0.3, -0.25) is 9.78 Å². The molecule has 1 heterocycles. The maximum Gasteiger partial charge on any atom is 0.253 e. The average Bonchev–Trinajstić information content (AvgIpc) is 2.50. The molecule has 2 rings (SSSR count). The van der Waals surface area contributed by atoms with Crippen molar-refractivity contribution < 1.29 is 4.79 Å². The van der Waals surface area contributed by atoms with E-state index < -0.39 is 0 Å². The standard InChI is InChI=1S/C16H18ClN3O.2ClH/c17-13-6-7-15(18)14(10-13)16(21)20-9-2-1-4-12-5-3-8-19-11-12;;/h3,5-8,10-11H,1-2,4,9,18H2,(H,20,21);2*1H. The molecule has 0 radical (unpaired) electrons. The first kappa shape index (κ1) is 21.5. The molecule has 0 atom stereocenters. The van der Waals surface area contributed by atoms with E-state index in [0.717, 1.165) is 19.3 Å². The summed E-state index contributed by atoms with van der Waals surface area (Å²) in [6.07, 6.45) is 6.49. The summed E-state index contributed by atoms with van der Waals surface area (Å²) in [4.78, 5) is 16.1. The Morgan fingerprint density at radius 2 is 2.00 bits per heavy atom. The number of nitrogens with two attached hydrogens (primary N) is 1. The average molecular weight is 377 g/mol. The second kappa shape index (κ2) is 11.1. The highest BCUT2D eigenvalue weighted by molar-refractivity contribution is 6.31. The fourth-order valence-electron chi connectivity index (χ4n) is 2.02. The molecule has 0 saturated heterocycles. The summed E-state index contributed by atoms with van der Waals surface area (Å²) in [6.45, 7) is 0.616. The van der Waals surface area contributed by atoms with Crippen LogP contribution in [0, 0.1) is 0 Å². The minimum absolute atomic E-state index is 0. The van der Waals surface area contributed by atoms with Gasteiger partial charge in [0.05, 0.1) is 5.56 Å². The van der Waals surface area contributed by atoms with Crippen LogP contribution < -0.4 is 11.1 Å². The largest absolute Gasteiger partial charge is 0.398 e. The van der Waals surface area contributed by atoms with Gasteiger partial charge >= 0.3 is 0 Å². The third-order valence-corrected chi connectivity index (χ3v) is 3.40. The number of hydrogen-bond acceptors (Lipinski definition) is 3. The first-order valence-electron chi connectivity index (χ1n) is 6.89. The lowest BCUT2D eigenvalue weighted by Crippen LogP contribution is -2.25. The number of aryl methyl sites for hydroxylation is 1. The van der Waals surface area contributed by atoms with Crippen molar-refractivity contribution in [2.24, 2.45) is 0 Å². The van der Waals surface area contributed by atoms with E-state index in [-0.39, 0.29) is 30.7 Å². The number of nitrogen functional groups attached to an aromatic ring is 1. The van der Waals surface area contributed by atoms with E-state index in [0.29, 0.717) is 22.8 Å². The molecule has 3 N–H and O–H groups in total. The van der Waals surface area contributed by atoms with Crippen LogP contribution in [0.4, 0.5) is 5.69 Å². The number of amides is 1. The normalized spacial score (nSPS) is 9.43. The maximum absolute atomic E-state index is 12.0. The van der Waals surface area contributed by atoms with E-state index in [2.05, 4.69) is 16.4 Å². The number of carbonyl (C=O) groups is 1. The molecular formula is C16H20Cl3N3O. The summed E-state index contributed by atoms with van der Waals surface area (Å²) in [6, 6.07) is 8.88. The van der Waals surface area contributed by atoms with Gasteiger partial charge in [0.25, 0.3) is 5.91 Å². The number of nitrogens with zero attached hydrogens (tertiary/aromatic N) is 1. The Labute approximate surface area is 153 Å². The van der Waals surface area contributed by atoms with E-state index in [9.17, 15) is 4.79 Å². The molecular weight excluding hydrogens is 357 g/mol. The Balaban J connectivity index is 0.00000242. The molecule has 1 aromatic carbocycles. The molecule has 126 valence electrons. The van der Waals surface area contributed by atoms with E-state index in [1.54, 1.807) is 24.4 Å². The molecule has 0 spiro atoms. The second-order valence-electron chi connectivity index (χ2n) is 4.81. The molecule has 0 aliphatic heterocycles. The van der Waals surface area contributed by atoms with Gasteiger partial charge in [0.15, 0.2) is 0 Å². The van der Waals surface area contributed by atoms with Crippen molar-refractivity contribution in [1.29, 1.82) is 0 Å². The van der Waals surface area contributed by atoms with Gasteiger partial charge < -0.3 is 11.1 Å². The van der Waals surface area contributed by atoms with Crippen molar-refractivity contribution >= 4 is 48.0 Å². The molecule has 0 unspecified atom stereocenters. The van der Waals surface area contributed by atoms with Crippen molar-refractivity contribution in [1.82, 2.24) is 10.3 Å². The van der Waals surface area contributed by atoms with Crippen LogP contribution in [0.3, 0.4) is 0 Å². The van der Waals surface area contributed by atoms with Crippen LogP contribution in [-0.2, 0) is 6.42 Å². The van der Waals surface area contributed by atoms with E-state index >= 15 is 0 Å². The topological polar surface area (TPSA) is 68.0 Å². The fraction of sp³-hybridized carbons (Fsp3) is 0.250. The van der Waals surface area contributed by atoms with Crippen LogP contribution >= 0.6 is 36.4 Å². The van der Waals surface area contributed by atoms with Crippen LogP contribution in [-0.4, -0.2) is 17.4 Å². The monoisotopic (exact) mass is 375 g/mol. The molecule has 0 aliphatic carbocycles. The van der Waals surface area contributed by atoms with Gasteiger partial charge in [0.2, 0.25) is 0 Å². The third-order valence-electron chi connectivity index (χ3n) is 3.16. The Hall–Kier alpha value is -1.49. The predicted molar refractivity (Wildman–Crippen MR) is 99.9 cm³/mol. The number of aromatic nitrogens is 1. The van der Waals surface area contributed by atoms with Gasteiger partial charge in [-0.1, -0.05) is 17.7 Å². The lowest BCUT2D eigenvalue weighted by Gasteiger charge is -2.08. The zero-order valence-corrected chi connectivity index (χ0v) is 14.9. The van der Waals surface area contributed by atoms with E-state index in [4.69, 9.17) is 17.3 Å². The lowest BCUT2D eigenvalue weighted by atomic mass is 10.1. The molecule has 1 aromatic heterocycles. The molecule has 23 heavy (non-hydrogen) atoms. The fourth-order valence-corrected chi connectivity index (χ4v) is 2.19. The molecule has 1 amide bonds. The Kier molecular flexibility index (Phi) is 10.4. The Morgan fingerprint density at radius 1 is 1.22 bits per heavy atom. The molecule has 0 aliphatic rings. The highest BCUT2D eigenvalue weighted by Crippen LogP contribution is 2.17. The number of nitrogens with one attached hydrogen (secondary N) is 1. The molecule has 7 heteroatoms. The van der Waals surface area contributed by atoms with Crippen molar-refractivity contribution in [3.05, 3.63) is 58.9 Å². The van der Waals surface area contributed by atoms with Gasteiger partial charge in [0, 0.05) is 29.6 Å². The summed E-state index contributed by atoms with van der Waals surface area (Å²) in [5, 5.41) is 3.37. The number of pyridine rings is 1. The Morgan fingerprint density at radius 3 is 2.70 bits per heavy atom. The van der Waals surface area contributed by atoms with Crippen molar-refractivity contribution in [2.45, 2.75) is 19.3 Å². The summed E-state index contributed by atoms with van der Waals surface area (Å²) in [5.74, 6) is -0.184. The number of rotatable bonds is 6. The molecule has 0 fully saturated rings. The minimum Gasteiger partial charge on any atom is -0.398 e. The SMILES string of the molecule is Cl.Cl.Nc1ccc(Cl)cc1C(=O)NCCCCc1cccnc1. The number of halogens is 3. The third kappa shape index (κ3) is 7.08. The molecule has 0 bridgehead atoms. The van der Waals surface area contributed by atoms with Crippen molar-refractivity contribution in [2.75, 3.05) is 12.3 Å². The number of carbonyl (C=O) groups excluding carboxylic acids is 1. The molecule has 4 nitrogen and oxygen atoms in total. The van der Waals surface area contributed by atoms with Gasteiger partial charge in [-0.2, -0.15) is 0 Å². The molecule has 2 aromatic rings. The van der Waals surface area contributed by atoms with Crippen LogP contribution in [0.2, 0.25) is 5.02 Å². The van der Waals surface area contributed by atoms with Gasteiger partial charge in [0.1, 0.15) is 0 Å². The zero-order chi connectivity index (χ0) is 15.1. The van der Waals surface area contributed by atoms with Crippen molar-refractivity contribution in [3.8, 4) is 0 Å². The number of unbranched alkanes of at least 4 members (excludes halogenated alkanes) is 1. The van der Waals surface area contributed by atoms with Crippen LogP contribution in [0.5, 0.6) is 0 Å². The predicted octanol–water partition coefficient (Wildman–Crippen LogP) is 3.91. The summed E-state index contributed by atoms with van der Waals surface area (Å²) in [5.41, 5.74) is 7.84. The second-order valence-corrected chi connectivity index (χ2v) is 5.24. The lowest BCUT2D eigenvalue weighted by molar-refractivity contribution is 0.0954. The summed E-state index contributed by atoms with van der Waals surface area (Å²) >= 11 is 5.87. The van der Waals surface area contributed by atoms with Gasteiger partial charge in [-0.15, -0.1) is 24.8 Å². The quantitative estimate of drug-likeness (QED) is 0.593. The number of hydrogen-bond donors (Lipinski definition) is 2. The van der Waals surface area contributed by atoms with Gasteiger partial charge in [-0.05, 0) is 49.1 Å². The number of anilines is 1. The van der Waals surface area contributed by atoms with E-state index in [1.807, 2.05) is 12.3 Å². The van der Waals surface area contributed by atoms with Crippen LogP contribution in [0.15, 0.2) is 42.7 Å². The number of benzene rings is 1. The highest BCUT2D eigenvalue weighted by atomic mass is 35.5. The summed E-state index contributed by atoms with van der Waals surface area (Å²) < 4.78 is 0. The van der Waals surface area contributed by atoms with Crippen LogP contribution in [0.1, 0.15) is 28.8 Å².